The van der Waals surface area contributed by atoms with Crippen LogP contribution in [0.15, 0.2) is 23.4 Å². The minimum Gasteiger partial charge on any atom is -0.396 e. The van der Waals surface area contributed by atoms with Crippen molar-refractivity contribution in [1.29, 1.82) is 0 Å². The summed E-state index contributed by atoms with van der Waals surface area (Å²) in [5.41, 5.74) is 7.64. The number of ether oxygens (including phenoxy) is 2. The molecule has 4 aromatic heterocycles. The van der Waals surface area contributed by atoms with E-state index in [1.165, 1.54) is 12.3 Å². The van der Waals surface area contributed by atoms with Gasteiger partial charge in [-0.1, -0.05) is 5.21 Å². The average Bonchev–Trinajstić information content (AvgIpc) is 3.73. The van der Waals surface area contributed by atoms with Gasteiger partial charge in [-0.05, 0) is 22.4 Å². The highest BCUT2D eigenvalue weighted by Gasteiger charge is 2.64. The van der Waals surface area contributed by atoms with Crippen molar-refractivity contribution in [3.05, 3.63) is 28.9 Å². The zero-order valence-electron chi connectivity index (χ0n) is 23.4. The molecule has 0 aromatic carbocycles. The number of nitrogens with zero attached hydrogens (tertiary/aromatic N) is 7. The van der Waals surface area contributed by atoms with Crippen molar-refractivity contribution in [3.8, 4) is 0 Å². The Hall–Kier alpha value is -2.89. The lowest BCUT2D eigenvalue weighted by atomic mass is 9.97. The van der Waals surface area contributed by atoms with E-state index in [4.69, 9.17) is 46.3 Å². The van der Waals surface area contributed by atoms with Gasteiger partial charge in [-0.2, -0.15) is 18.4 Å². The normalized spacial score (nSPS) is 29.1. The topological polar surface area (TPSA) is 263 Å². The van der Waals surface area contributed by atoms with E-state index >= 15 is 13.2 Å². The van der Waals surface area contributed by atoms with Gasteiger partial charge in [-0.3, -0.25) is 14.3 Å². The first-order chi connectivity index (χ1) is 22.1. The summed E-state index contributed by atoms with van der Waals surface area (Å²) in [6.07, 6.45) is -7.85. The van der Waals surface area contributed by atoms with E-state index in [1.54, 1.807) is 0 Å². The molecule has 4 aromatic rings. The first-order valence-corrected chi connectivity index (χ1v) is 18.2. The van der Waals surface area contributed by atoms with E-state index in [0.717, 1.165) is 15.6 Å². The number of H-pyrrole nitrogens is 1. The fourth-order valence-electron chi connectivity index (χ4n) is 5.27. The molecule has 0 aliphatic carbocycles. The van der Waals surface area contributed by atoms with Crippen LogP contribution in [-0.2, 0) is 39.4 Å². The third kappa shape index (κ3) is 6.23. The zero-order valence-corrected chi connectivity index (χ0v) is 26.9. The van der Waals surface area contributed by atoms with Crippen LogP contribution in [0.4, 0.5) is 24.9 Å². The molecule has 2 fully saturated rings. The van der Waals surface area contributed by atoms with E-state index in [9.17, 15) is 19.4 Å². The molecular formula is C21H24F3N10O9P2S2+. The largest absolute Gasteiger partial charge is 0.582 e. The van der Waals surface area contributed by atoms with Crippen LogP contribution in [0.1, 0.15) is 18.9 Å². The Bertz CT molecular complexity index is 1950. The second-order valence-electron chi connectivity index (χ2n) is 10.3. The van der Waals surface area contributed by atoms with Crippen molar-refractivity contribution in [1.82, 2.24) is 39.5 Å². The molecule has 8 atom stereocenters. The quantitative estimate of drug-likeness (QED) is 0.0919. The first-order valence-electron chi connectivity index (χ1n) is 13.3. The number of nitrogens with two attached hydrogens (primary N) is 2. The van der Waals surface area contributed by atoms with Crippen LogP contribution >= 0.6 is 26.2 Å². The van der Waals surface area contributed by atoms with E-state index < -0.39 is 88.1 Å². The van der Waals surface area contributed by atoms with E-state index in [-0.39, 0.29) is 34.0 Å². The molecule has 19 nitrogen and oxygen atoms in total. The summed E-state index contributed by atoms with van der Waals surface area (Å²) in [5.74, 6) is -4.20. The van der Waals surface area contributed by atoms with E-state index in [0.29, 0.717) is 0 Å². The molecule has 6 heterocycles. The number of rotatable bonds is 11. The van der Waals surface area contributed by atoms with Crippen LogP contribution in [0.5, 0.6) is 0 Å². The van der Waals surface area contributed by atoms with Gasteiger partial charge in [0.25, 0.3) is 5.56 Å². The number of thiol groups is 1. The lowest BCUT2D eigenvalue weighted by Crippen LogP contribution is -2.42. The minimum absolute atomic E-state index is 0.0114. The van der Waals surface area contributed by atoms with Crippen molar-refractivity contribution >= 4 is 72.0 Å². The summed E-state index contributed by atoms with van der Waals surface area (Å²) in [6.45, 7) is -6.94. The smallest absolute Gasteiger partial charge is 0.396 e. The first kappa shape index (κ1) is 34.0. The van der Waals surface area contributed by atoms with Gasteiger partial charge in [0.15, 0.2) is 29.2 Å². The molecule has 47 heavy (non-hydrogen) atoms. The van der Waals surface area contributed by atoms with Crippen molar-refractivity contribution in [2.75, 3.05) is 31.3 Å². The fourth-order valence-corrected chi connectivity index (χ4v) is 7.49. The number of fused-ring (bicyclic) bond motifs is 2. The average molecular weight is 744 g/mol. The third-order valence-corrected chi connectivity index (χ3v) is 9.61. The van der Waals surface area contributed by atoms with Crippen molar-refractivity contribution in [2.45, 2.75) is 48.8 Å². The predicted molar refractivity (Wildman–Crippen MR) is 160 cm³/mol. The highest BCUT2D eigenvalue weighted by atomic mass is 32.7. The van der Waals surface area contributed by atoms with E-state index in [2.05, 4.69) is 42.5 Å². The van der Waals surface area contributed by atoms with Gasteiger partial charge < -0.3 is 40.0 Å². The molecule has 0 amide bonds. The number of hydrogen-bond acceptors (Lipinski definition) is 16. The molecule has 7 N–H and O–H groups in total. The number of anilines is 2. The number of nitrogens with one attached hydrogen (secondary N) is 1. The van der Waals surface area contributed by atoms with Gasteiger partial charge in [0.2, 0.25) is 18.3 Å². The summed E-state index contributed by atoms with van der Waals surface area (Å²) in [7, 11) is -2.91. The third-order valence-electron chi connectivity index (χ3n) is 7.38. The number of hydrogen-bond donors (Lipinski definition) is 6. The molecule has 0 spiro atoms. The lowest BCUT2D eigenvalue weighted by molar-refractivity contribution is -0.132. The molecule has 0 radical (unpaired) electrons. The molecule has 26 heteroatoms. The second kappa shape index (κ2) is 12.5. The van der Waals surface area contributed by atoms with Gasteiger partial charge in [0.05, 0.1) is 18.6 Å². The lowest BCUT2D eigenvalue weighted by Gasteiger charge is -2.30. The molecule has 2 unspecified atom stereocenters. The molecule has 6 rings (SSSR count). The zero-order chi connectivity index (χ0) is 33.9. The number of aliphatic hydroxyl groups excluding tert-OH is 1. The maximum Gasteiger partial charge on any atom is 0.582 e. The summed E-state index contributed by atoms with van der Waals surface area (Å²) in [6, 6.07) is 1.39. The number of aromatic nitrogens is 8. The highest BCUT2D eigenvalue weighted by Crippen LogP contribution is 2.54. The van der Waals surface area contributed by atoms with Crippen LogP contribution in [0.3, 0.4) is 0 Å². The van der Waals surface area contributed by atoms with Crippen LogP contribution in [0.25, 0.3) is 22.2 Å². The molecule has 2 saturated heterocycles. The summed E-state index contributed by atoms with van der Waals surface area (Å²) in [4.78, 5) is 37.3. The SMILES string of the molecule is Nc1nc2c(nnn2[C@@H]2OC[C@](F)(CCO)[C@H]2OP(O)(=S)OC[C@H]2O[C@@H](n3ccc4c(N)ncnc43)C(F)(F)[C@@H]2O[P+](=O)S)c(=O)[nH]1. The second-order valence-corrected chi connectivity index (χ2v) is 14.8. The fraction of sp³-hybridized carbons (Fsp3) is 0.524. The van der Waals surface area contributed by atoms with Gasteiger partial charge in [0, 0.05) is 19.2 Å². The van der Waals surface area contributed by atoms with Crippen molar-refractivity contribution < 1.29 is 50.8 Å². The Kier molecular flexibility index (Phi) is 9.06. The highest BCUT2D eigenvalue weighted by molar-refractivity contribution is 8.39. The Morgan fingerprint density at radius 3 is 2.77 bits per heavy atom. The number of aromatic amines is 1. The Morgan fingerprint density at radius 2 is 2.04 bits per heavy atom. The summed E-state index contributed by atoms with van der Waals surface area (Å²) in [5, 5.41) is 17.3. The van der Waals surface area contributed by atoms with Gasteiger partial charge in [-0.25, -0.2) is 14.4 Å². The number of aliphatic hydroxyl groups is 1. The number of halogens is 3. The number of alkyl halides is 3. The molecule has 2 aliphatic heterocycles. The Morgan fingerprint density at radius 1 is 1.28 bits per heavy atom. The summed E-state index contributed by atoms with van der Waals surface area (Å²) >= 11 is 8.69. The standard InChI is InChI=1S/C21H23F3N10O9P2S2/c22-20(2-4-35)6-39-17(34-15-10(31-32-34)16(36)30-19(26)29-15)12(20)43-45(38,47)40-5-9-11(42-44(37)46)21(23,24)18(41-9)33-3-1-8-13(25)27-7-28-14(8)33/h1,3,7,9,11-12,17-18,35H,2,4-6H2,(H6-,25,26,27,28,29,30,32,36,37,38,46,47)/p+1/t9-,11-,12+,17-,18-,20-,45?/m1/s1. The molecule has 254 valence electrons. The summed E-state index contributed by atoms with van der Waals surface area (Å²) < 4.78 is 88.3. The van der Waals surface area contributed by atoms with Gasteiger partial charge in [-0.15, -0.1) is 9.62 Å². The van der Waals surface area contributed by atoms with Crippen LogP contribution in [0, 0.1) is 0 Å². The van der Waals surface area contributed by atoms with Gasteiger partial charge >= 0.3 is 19.9 Å². The maximum absolute atomic E-state index is 16.1. The maximum atomic E-state index is 16.1. The molecule has 0 saturated carbocycles. The van der Waals surface area contributed by atoms with Crippen LogP contribution < -0.4 is 17.0 Å². The van der Waals surface area contributed by atoms with Crippen LogP contribution in [-0.4, -0.2) is 99.2 Å². The minimum atomic E-state index is -4.60. The molecule has 2 aliphatic rings. The monoisotopic (exact) mass is 743 g/mol. The molecule has 0 bridgehead atoms. The van der Waals surface area contributed by atoms with Gasteiger partial charge in [0.1, 0.15) is 36.1 Å². The van der Waals surface area contributed by atoms with Crippen LogP contribution in [0.2, 0.25) is 0 Å². The Labute approximate surface area is 271 Å². The van der Waals surface area contributed by atoms with E-state index in [1.807, 2.05) is 0 Å². The Balaban J connectivity index is 1.26. The van der Waals surface area contributed by atoms with Crippen molar-refractivity contribution in [2.24, 2.45) is 0 Å². The predicted octanol–water partition coefficient (Wildman–Crippen LogP) is 0.867. The van der Waals surface area contributed by atoms with Crippen molar-refractivity contribution in [3.63, 3.8) is 0 Å². The molecular weight excluding hydrogens is 719 g/mol. The number of nitrogen functional groups attached to an aromatic ring is 2.